The van der Waals surface area contributed by atoms with Crippen molar-refractivity contribution in [3.05, 3.63) is 0 Å². The minimum absolute atomic E-state index is 0.373. The van der Waals surface area contributed by atoms with Crippen LogP contribution >= 0.6 is 0 Å². The third-order valence-corrected chi connectivity index (χ3v) is 3.78. The SMILES string of the molecule is CNCC1CCCN(C(=O)C2CCC2)C1. The number of rotatable bonds is 3. The van der Waals surface area contributed by atoms with Gasteiger partial charge in [0.2, 0.25) is 5.91 Å². The highest BCUT2D eigenvalue weighted by Gasteiger charge is 2.31. The first-order valence-corrected chi connectivity index (χ1v) is 6.24. The first-order chi connectivity index (χ1) is 7.31. The molecule has 1 heterocycles. The van der Waals surface area contributed by atoms with Crippen molar-refractivity contribution in [3.63, 3.8) is 0 Å². The van der Waals surface area contributed by atoms with Crippen LogP contribution in [-0.2, 0) is 4.79 Å². The minimum atomic E-state index is 0.373. The van der Waals surface area contributed by atoms with Gasteiger partial charge in [-0.25, -0.2) is 0 Å². The Morgan fingerprint density at radius 1 is 1.33 bits per heavy atom. The van der Waals surface area contributed by atoms with Crippen molar-refractivity contribution in [1.29, 1.82) is 0 Å². The summed E-state index contributed by atoms with van der Waals surface area (Å²) >= 11 is 0. The number of carbonyl (C=O) groups excluding carboxylic acids is 1. The lowest BCUT2D eigenvalue weighted by Crippen LogP contribution is -2.46. The van der Waals surface area contributed by atoms with Crippen LogP contribution in [0.1, 0.15) is 32.1 Å². The first-order valence-electron chi connectivity index (χ1n) is 6.24. The van der Waals surface area contributed by atoms with Gasteiger partial charge in [-0.2, -0.15) is 0 Å². The molecule has 2 fully saturated rings. The summed E-state index contributed by atoms with van der Waals surface area (Å²) in [6.07, 6.45) is 5.97. The van der Waals surface area contributed by atoms with Gasteiger partial charge in [0, 0.05) is 19.0 Å². The highest BCUT2D eigenvalue weighted by molar-refractivity contribution is 5.79. The van der Waals surface area contributed by atoms with Crippen LogP contribution in [-0.4, -0.2) is 37.5 Å². The molecule has 0 radical (unpaired) electrons. The summed E-state index contributed by atoms with van der Waals surface area (Å²) in [7, 11) is 1.99. The normalized spacial score (nSPS) is 27.5. The fourth-order valence-corrected chi connectivity index (χ4v) is 2.63. The first kappa shape index (κ1) is 10.9. The molecule has 1 saturated carbocycles. The second kappa shape index (κ2) is 4.97. The molecule has 2 aliphatic rings. The standard InChI is InChI=1S/C12H22N2O/c1-13-8-10-4-3-7-14(9-10)12(15)11-5-2-6-11/h10-11,13H,2-9H2,1H3. The molecule has 0 aromatic carbocycles. The van der Waals surface area contributed by atoms with Crippen molar-refractivity contribution < 1.29 is 4.79 Å². The molecule has 0 aromatic heterocycles. The third-order valence-electron chi connectivity index (χ3n) is 3.78. The molecule has 3 heteroatoms. The van der Waals surface area contributed by atoms with Crippen LogP contribution in [0.25, 0.3) is 0 Å². The summed E-state index contributed by atoms with van der Waals surface area (Å²) < 4.78 is 0. The fourth-order valence-electron chi connectivity index (χ4n) is 2.63. The number of nitrogens with zero attached hydrogens (tertiary/aromatic N) is 1. The number of likely N-dealkylation sites (tertiary alicyclic amines) is 1. The summed E-state index contributed by atoms with van der Waals surface area (Å²) in [5.74, 6) is 1.48. The second-order valence-corrected chi connectivity index (χ2v) is 4.98. The number of piperidine rings is 1. The van der Waals surface area contributed by atoms with Crippen molar-refractivity contribution >= 4 is 5.91 Å². The molecule has 1 unspecified atom stereocenters. The van der Waals surface area contributed by atoms with Crippen LogP contribution in [0.2, 0.25) is 0 Å². The maximum atomic E-state index is 12.0. The maximum absolute atomic E-state index is 12.0. The third kappa shape index (κ3) is 2.51. The van der Waals surface area contributed by atoms with Gasteiger partial charge >= 0.3 is 0 Å². The van der Waals surface area contributed by atoms with Crippen LogP contribution in [0, 0.1) is 11.8 Å². The highest BCUT2D eigenvalue weighted by atomic mass is 16.2. The van der Waals surface area contributed by atoms with Gasteiger partial charge in [-0.15, -0.1) is 0 Å². The van der Waals surface area contributed by atoms with E-state index in [-0.39, 0.29) is 0 Å². The van der Waals surface area contributed by atoms with Gasteiger partial charge in [0.1, 0.15) is 0 Å². The van der Waals surface area contributed by atoms with Gasteiger partial charge in [0.05, 0.1) is 0 Å². The van der Waals surface area contributed by atoms with E-state index in [9.17, 15) is 4.79 Å². The van der Waals surface area contributed by atoms with E-state index in [0.717, 1.165) is 32.5 Å². The lowest BCUT2D eigenvalue weighted by molar-refractivity contribution is -0.140. The molecule has 15 heavy (non-hydrogen) atoms. The van der Waals surface area contributed by atoms with Crippen LogP contribution in [0.5, 0.6) is 0 Å². The molecule has 2 rings (SSSR count). The Bertz CT molecular complexity index is 224. The van der Waals surface area contributed by atoms with E-state index in [0.29, 0.717) is 17.7 Å². The van der Waals surface area contributed by atoms with Gasteiger partial charge in [-0.3, -0.25) is 4.79 Å². The molecule has 1 aliphatic heterocycles. The zero-order valence-electron chi connectivity index (χ0n) is 9.67. The number of amides is 1. The Labute approximate surface area is 92.2 Å². The zero-order chi connectivity index (χ0) is 10.7. The van der Waals surface area contributed by atoms with Crippen LogP contribution in [0.4, 0.5) is 0 Å². The topological polar surface area (TPSA) is 32.3 Å². The fraction of sp³-hybridized carbons (Fsp3) is 0.917. The van der Waals surface area contributed by atoms with E-state index in [1.807, 2.05) is 7.05 Å². The Hall–Kier alpha value is -0.570. The molecule has 0 aromatic rings. The molecule has 1 N–H and O–H groups in total. The van der Waals surface area contributed by atoms with E-state index < -0.39 is 0 Å². The van der Waals surface area contributed by atoms with Gasteiger partial charge in [-0.1, -0.05) is 6.42 Å². The maximum Gasteiger partial charge on any atom is 0.225 e. The predicted molar refractivity (Wildman–Crippen MR) is 60.6 cm³/mol. The summed E-state index contributed by atoms with van der Waals surface area (Å²) in [5.41, 5.74) is 0. The Morgan fingerprint density at radius 3 is 2.73 bits per heavy atom. The van der Waals surface area contributed by atoms with Crippen molar-refractivity contribution in [2.24, 2.45) is 11.8 Å². The van der Waals surface area contributed by atoms with Gasteiger partial charge < -0.3 is 10.2 Å². The number of hydrogen-bond acceptors (Lipinski definition) is 2. The van der Waals surface area contributed by atoms with Crippen molar-refractivity contribution in [2.45, 2.75) is 32.1 Å². The molecule has 86 valence electrons. The lowest BCUT2D eigenvalue weighted by Gasteiger charge is -2.37. The number of nitrogens with one attached hydrogen (secondary N) is 1. The smallest absolute Gasteiger partial charge is 0.225 e. The second-order valence-electron chi connectivity index (χ2n) is 4.98. The minimum Gasteiger partial charge on any atom is -0.342 e. The van der Waals surface area contributed by atoms with Gasteiger partial charge in [-0.05, 0) is 45.2 Å². The van der Waals surface area contributed by atoms with Crippen LogP contribution in [0.15, 0.2) is 0 Å². The average molecular weight is 210 g/mol. The summed E-state index contributed by atoms with van der Waals surface area (Å²) in [6, 6.07) is 0. The summed E-state index contributed by atoms with van der Waals surface area (Å²) in [5, 5.41) is 3.22. The van der Waals surface area contributed by atoms with E-state index >= 15 is 0 Å². The van der Waals surface area contributed by atoms with Crippen molar-refractivity contribution in [1.82, 2.24) is 10.2 Å². The predicted octanol–water partition coefficient (Wildman–Crippen LogP) is 1.24. The molecular formula is C12H22N2O. The molecule has 1 atom stereocenters. The van der Waals surface area contributed by atoms with Crippen LogP contribution < -0.4 is 5.32 Å². The molecule has 0 bridgehead atoms. The molecule has 3 nitrogen and oxygen atoms in total. The molecule has 1 saturated heterocycles. The lowest BCUT2D eigenvalue weighted by atomic mass is 9.83. The summed E-state index contributed by atoms with van der Waals surface area (Å²) in [6.45, 7) is 3.03. The Balaban J connectivity index is 1.83. The quantitative estimate of drug-likeness (QED) is 0.760. The average Bonchev–Trinajstić information content (AvgIpc) is 2.16. The van der Waals surface area contributed by atoms with E-state index in [1.165, 1.54) is 19.3 Å². The highest BCUT2D eigenvalue weighted by Crippen LogP contribution is 2.29. The summed E-state index contributed by atoms with van der Waals surface area (Å²) in [4.78, 5) is 14.1. The molecule has 1 amide bonds. The Morgan fingerprint density at radius 2 is 2.13 bits per heavy atom. The van der Waals surface area contributed by atoms with E-state index in [2.05, 4.69) is 10.2 Å². The number of hydrogen-bond donors (Lipinski definition) is 1. The van der Waals surface area contributed by atoms with Crippen LogP contribution in [0.3, 0.4) is 0 Å². The Kier molecular flexibility index (Phi) is 3.62. The largest absolute Gasteiger partial charge is 0.342 e. The molecular weight excluding hydrogens is 188 g/mol. The van der Waals surface area contributed by atoms with Crippen molar-refractivity contribution in [3.8, 4) is 0 Å². The van der Waals surface area contributed by atoms with Gasteiger partial charge in [0.25, 0.3) is 0 Å². The molecule has 1 aliphatic carbocycles. The van der Waals surface area contributed by atoms with E-state index in [1.54, 1.807) is 0 Å². The van der Waals surface area contributed by atoms with Gasteiger partial charge in [0.15, 0.2) is 0 Å². The van der Waals surface area contributed by atoms with Crippen molar-refractivity contribution in [2.75, 3.05) is 26.7 Å². The molecule has 0 spiro atoms. The number of carbonyl (C=O) groups is 1. The zero-order valence-corrected chi connectivity index (χ0v) is 9.67. The monoisotopic (exact) mass is 210 g/mol. The van der Waals surface area contributed by atoms with E-state index in [4.69, 9.17) is 0 Å².